The van der Waals surface area contributed by atoms with Crippen LogP contribution in [0.25, 0.3) is 0 Å². The van der Waals surface area contributed by atoms with Crippen molar-refractivity contribution >= 4 is 5.97 Å². The summed E-state index contributed by atoms with van der Waals surface area (Å²) < 4.78 is 0. The molecule has 0 bridgehead atoms. The van der Waals surface area contributed by atoms with Crippen LogP contribution in [0.2, 0.25) is 0 Å². The van der Waals surface area contributed by atoms with Crippen molar-refractivity contribution in [1.29, 1.82) is 0 Å². The van der Waals surface area contributed by atoms with Crippen LogP contribution in [-0.4, -0.2) is 23.7 Å². The van der Waals surface area contributed by atoms with Crippen molar-refractivity contribution in [2.24, 2.45) is 0 Å². The third kappa shape index (κ3) is 4.72. The molecular formula is C8H12NNaO2. The Hall–Kier alpha value is -0.0900. The molecule has 4 heteroatoms. The third-order valence-corrected chi connectivity index (χ3v) is 1.50. The van der Waals surface area contributed by atoms with Gasteiger partial charge < -0.3 is 11.8 Å². The normalized spacial score (nSPS) is 20.2. The first-order valence-corrected chi connectivity index (χ1v) is 3.57. The van der Waals surface area contributed by atoms with Gasteiger partial charge in [0.2, 0.25) is 0 Å². The van der Waals surface area contributed by atoms with Gasteiger partial charge in [-0.3, -0.25) is 4.79 Å². The van der Waals surface area contributed by atoms with Gasteiger partial charge in [-0.2, -0.15) is 0 Å². The van der Waals surface area contributed by atoms with Gasteiger partial charge in [0.05, 0.1) is 6.54 Å². The molecule has 62 valence electrons. The molecular weight excluding hydrogens is 165 g/mol. The van der Waals surface area contributed by atoms with Crippen LogP contribution in [0.1, 0.15) is 7.85 Å². The molecule has 0 radical (unpaired) electrons. The molecule has 0 heterocycles. The molecule has 0 aliphatic heterocycles. The fourth-order valence-electron chi connectivity index (χ4n) is 0.950. The third-order valence-electron chi connectivity index (χ3n) is 1.50. The molecule has 0 saturated heterocycles. The van der Waals surface area contributed by atoms with Crippen LogP contribution in [0, 0.1) is 0 Å². The summed E-state index contributed by atoms with van der Waals surface area (Å²) in [5.41, 5.74) is 0. The van der Waals surface area contributed by atoms with E-state index in [1.807, 2.05) is 24.3 Å². The van der Waals surface area contributed by atoms with Crippen molar-refractivity contribution in [2.75, 3.05) is 6.54 Å². The topological polar surface area (TPSA) is 49.3 Å². The monoisotopic (exact) mass is 177 g/mol. The predicted octanol–water partition coefficient (Wildman–Crippen LogP) is -2.34. The molecule has 0 amide bonds. The molecule has 0 aromatic carbocycles. The van der Waals surface area contributed by atoms with Gasteiger partial charge in [0, 0.05) is 6.04 Å². The van der Waals surface area contributed by atoms with E-state index in [0.717, 1.165) is 6.42 Å². The summed E-state index contributed by atoms with van der Waals surface area (Å²) in [5, 5.41) is 11.2. The van der Waals surface area contributed by atoms with E-state index in [1.54, 1.807) is 0 Å². The van der Waals surface area contributed by atoms with Crippen LogP contribution in [-0.2, 0) is 4.79 Å². The van der Waals surface area contributed by atoms with E-state index in [1.165, 1.54) is 0 Å². The molecule has 1 atom stereocenters. The van der Waals surface area contributed by atoms with Crippen LogP contribution in [0.5, 0.6) is 0 Å². The second-order valence-electron chi connectivity index (χ2n) is 2.43. The van der Waals surface area contributed by atoms with Crippen LogP contribution in [0.3, 0.4) is 0 Å². The summed E-state index contributed by atoms with van der Waals surface area (Å²) in [7, 11) is 0. The largest absolute Gasteiger partial charge is 1.00 e. The van der Waals surface area contributed by atoms with Crippen molar-refractivity contribution in [3.05, 3.63) is 24.3 Å². The van der Waals surface area contributed by atoms with Crippen LogP contribution >= 0.6 is 0 Å². The Kier molecular flexibility index (Phi) is 6.38. The number of carboxylic acid groups (broad SMARTS) is 1. The van der Waals surface area contributed by atoms with E-state index in [2.05, 4.69) is 5.32 Å². The standard InChI is InChI=1S/C8H11NO2.Na.H/c10-8(11)6-9-7-4-2-1-3-5-7;;/h1-4,7,9H,5-6H2,(H,10,11);;/q;+1;-1. The summed E-state index contributed by atoms with van der Waals surface area (Å²) in [5.74, 6) is -0.812. The van der Waals surface area contributed by atoms with Crippen molar-refractivity contribution in [3.63, 3.8) is 0 Å². The number of rotatable bonds is 3. The summed E-state index contributed by atoms with van der Waals surface area (Å²) in [6.45, 7) is 0.0306. The molecule has 0 aromatic rings. The fraction of sp³-hybridized carbons (Fsp3) is 0.375. The van der Waals surface area contributed by atoms with E-state index in [-0.39, 0.29) is 43.6 Å². The number of nitrogens with one attached hydrogen (secondary N) is 1. The minimum absolute atomic E-state index is 0. The number of carbonyl (C=O) groups is 1. The van der Waals surface area contributed by atoms with Crippen LogP contribution < -0.4 is 34.9 Å². The van der Waals surface area contributed by atoms with Gasteiger partial charge in [-0.15, -0.1) is 0 Å². The number of aliphatic carboxylic acids is 1. The SMILES string of the molecule is O=C(O)CNC1C=CC=CC1.[H-].[Na+]. The van der Waals surface area contributed by atoms with E-state index >= 15 is 0 Å². The zero-order valence-electron chi connectivity index (χ0n) is 8.16. The second kappa shape index (κ2) is 6.43. The Labute approximate surface area is 95.3 Å². The molecule has 0 fully saturated rings. The van der Waals surface area contributed by atoms with Gasteiger partial charge in [0.1, 0.15) is 0 Å². The van der Waals surface area contributed by atoms with E-state index in [9.17, 15) is 4.79 Å². The maximum Gasteiger partial charge on any atom is 1.00 e. The summed E-state index contributed by atoms with van der Waals surface area (Å²) in [6.07, 6.45) is 8.73. The zero-order chi connectivity index (χ0) is 8.10. The molecule has 12 heavy (non-hydrogen) atoms. The number of carboxylic acids is 1. The number of hydrogen-bond acceptors (Lipinski definition) is 2. The van der Waals surface area contributed by atoms with Crippen molar-refractivity contribution in [3.8, 4) is 0 Å². The second-order valence-corrected chi connectivity index (χ2v) is 2.43. The van der Waals surface area contributed by atoms with Crippen LogP contribution in [0.4, 0.5) is 0 Å². The summed E-state index contributed by atoms with van der Waals surface area (Å²) in [4.78, 5) is 10.1. The van der Waals surface area contributed by atoms with E-state index in [0.29, 0.717) is 0 Å². The summed E-state index contributed by atoms with van der Waals surface area (Å²) in [6, 6.07) is 0.191. The van der Waals surface area contributed by atoms with Gasteiger partial charge in [-0.1, -0.05) is 24.3 Å². The Bertz CT molecular complexity index is 206. The molecule has 0 saturated carbocycles. The van der Waals surface area contributed by atoms with Crippen molar-refractivity contribution in [1.82, 2.24) is 5.32 Å². The zero-order valence-corrected chi connectivity index (χ0v) is 9.16. The molecule has 1 aliphatic rings. The van der Waals surface area contributed by atoms with Gasteiger partial charge in [0.25, 0.3) is 0 Å². The molecule has 3 nitrogen and oxygen atoms in total. The minimum atomic E-state index is -0.812. The molecule has 2 N–H and O–H groups in total. The molecule has 0 spiro atoms. The smallest absolute Gasteiger partial charge is 1.00 e. The Morgan fingerprint density at radius 3 is 2.92 bits per heavy atom. The fourth-order valence-corrected chi connectivity index (χ4v) is 0.950. The predicted molar refractivity (Wildman–Crippen MR) is 43.4 cm³/mol. The van der Waals surface area contributed by atoms with E-state index in [4.69, 9.17) is 5.11 Å². The molecule has 0 aromatic heterocycles. The average molecular weight is 177 g/mol. The first kappa shape index (κ1) is 11.9. The minimum Gasteiger partial charge on any atom is -1.00 e. The average Bonchev–Trinajstić information content (AvgIpc) is 2.03. The first-order valence-electron chi connectivity index (χ1n) is 3.57. The summed E-state index contributed by atoms with van der Waals surface area (Å²) >= 11 is 0. The van der Waals surface area contributed by atoms with Crippen molar-refractivity contribution in [2.45, 2.75) is 12.5 Å². The number of allylic oxidation sites excluding steroid dienone is 2. The van der Waals surface area contributed by atoms with Crippen LogP contribution in [0.15, 0.2) is 24.3 Å². The quantitative estimate of drug-likeness (QED) is 0.475. The Balaban J connectivity index is 0. The van der Waals surface area contributed by atoms with Gasteiger partial charge in [-0.25, -0.2) is 0 Å². The van der Waals surface area contributed by atoms with Gasteiger partial charge >= 0.3 is 35.5 Å². The van der Waals surface area contributed by atoms with Gasteiger partial charge in [0.15, 0.2) is 0 Å². The van der Waals surface area contributed by atoms with Crippen molar-refractivity contribution < 1.29 is 40.9 Å². The maximum atomic E-state index is 10.1. The molecule has 1 unspecified atom stereocenters. The number of hydrogen-bond donors (Lipinski definition) is 2. The Morgan fingerprint density at radius 1 is 1.67 bits per heavy atom. The Morgan fingerprint density at radius 2 is 2.42 bits per heavy atom. The van der Waals surface area contributed by atoms with Gasteiger partial charge in [-0.05, 0) is 6.42 Å². The molecule has 1 rings (SSSR count). The maximum absolute atomic E-state index is 10.1. The molecule has 1 aliphatic carbocycles. The van der Waals surface area contributed by atoms with E-state index < -0.39 is 5.97 Å². The first-order chi connectivity index (χ1) is 5.29.